The highest BCUT2D eigenvalue weighted by Crippen LogP contribution is 2.35. The van der Waals surface area contributed by atoms with Gasteiger partial charge in [0.1, 0.15) is 5.84 Å². The number of amidine groups is 1. The molecule has 1 fully saturated rings. The lowest BCUT2D eigenvalue weighted by atomic mass is 9.88. The number of hydrogen-bond acceptors (Lipinski definition) is 1. The molecular weight excluding hydrogens is 333 g/mol. The van der Waals surface area contributed by atoms with Crippen LogP contribution < -0.4 is 5.73 Å². The first-order chi connectivity index (χ1) is 9.38. The lowest BCUT2D eigenvalue weighted by Gasteiger charge is -2.21. The van der Waals surface area contributed by atoms with E-state index in [0.717, 1.165) is 37.8 Å². The van der Waals surface area contributed by atoms with E-state index in [9.17, 15) is 13.2 Å². The van der Waals surface area contributed by atoms with Crippen LogP contribution >= 0.6 is 15.9 Å². The molecule has 20 heavy (non-hydrogen) atoms. The molecule has 1 aliphatic rings. The maximum absolute atomic E-state index is 12.7. The molecule has 110 valence electrons. The Morgan fingerprint density at radius 1 is 1.20 bits per heavy atom. The van der Waals surface area contributed by atoms with Crippen LogP contribution in [0, 0.1) is 5.92 Å². The Labute approximate surface area is 124 Å². The zero-order chi connectivity index (χ0) is 14.8. The monoisotopic (exact) mass is 348 g/mol. The van der Waals surface area contributed by atoms with Crippen molar-refractivity contribution in [3.63, 3.8) is 0 Å². The molecule has 2 N–H and O–H groups in total. The van der Waals surface area contributed by atoms with Crippen LogP contribution in [-0.4, -0.2) is 5.84 Å². The third-order valence-corrected chi connectivity index (χ3v) is 4.22. The van der Waals surface area contributed by atoms with E-state index >= 15 is 0 Å². The predicted octanol–water partition coefficient (Wildman–Crippen LogP) is 5.04. The number of nitrogens with two attached hydrogens (primary N) is 1. The molecule has 0 spiro atoms. The van der Waals surface area contributed by atoms with Crippen LogP contribution in [0.4, 0.5) is 18.9 Å². The summed E-state index contributed by atoms with van der Waals surface area (Å²) in [6.07, 6.45) is 0.953. The second-order valence-electron chi connectivity index (χ2n) is 5.04. The van der Waals surface area contributed by atoms with Crippen molar-refractivity contribution in [2.75, 3.05) is 0 Å². The molecule has 0 aromatic heterocycles. The minimum absolute atomic E-state index is 0.185. The molecule has 2 rings (SSSR count). The number of benzene rings is 1. The Hall–Kier alpha value is -1.04. The summed E-state index contributed by atoms with van der Waals surface area (Å²) in [6, 6.07) is 3.41. The molecule has 0 amide bonds. The summed E-state index contributed by atoms with van der Waals surface area (Å²) in [7, 11) is 0. The quantitative estimate of drug-likeness (QED) is 0.590. The number of alkyl halides is 3. The molecule has 0 radical (unpaired) electrons. The topological polar surface area (TPSA) is 38.4 Å². The van der Waals surface area contributed by atoms with E-state index in [4.69, 9.17) is 5.73 Å². The van der Waals surface area contributed by atoms with E-state index < -0.39 is 11.7 Å². The van der Waals surface area contributed by atoms with E-state index in [1.54, 1.807) is 0 Å². The molecular formula is C14H16BrF3N2. The van der Waals surface area contributed by atoms with Gasteiger partial charge in [-0.2, -0.15) is 13.2 Å². The Balaban J connectivity index is 2.27. The van der Waals surface area contributed by atoms with E-state index in [2.05, 4.69) is 20.9 Å². The van der Waals surface area contributed by atoms with Gasteiger partial charge in [-0.3, -0.25) is 0 Å². The van der Waals surface area contributed by atoms with Crippen LogP contribution in [-0.2, 0) is 6.18 Å². The summed E-state index contributed by atoms with van der Waals surface area (Å²) in [5.41, 5.74) is 5.48. The van der Waals surface area contributed by atoms with Gasteiger partial charge >= 0.3 is 6.18 Å². The Bertz CT molecular complexity index is 506. The highest BCUT2D eigenvalue weighted by atomic mass is 79.9. The van der Waals surface area contributed by atoms with E-state index in [0.29, 0.717) is 10.3 Å². The van der Waals surface area contributed by atoms with Gasteiger partial charge in [0.05, 0.1) is 11.3 Å². The van der Waals surface area contributed by atoms with Crippen LogP contribution in [0.15, 0.2) is 27.7 Å². The highest BCUT2D eigenvalue weighted by molar-refractivity contribution is 9.10. The molecule has 0 bridgehead atoms. The van der Waals surface area contributed by atoms with Crippen LogP contribution in [0.5, 0.6) is 0 Å². The van der Waals surface area contributed by atoms with E-state index in [-0.39, 0.29) is 11.6 Å². The first kappa shape index (κ1) is 15.4. The normalized spacial score (nSPS) is 18.3. The average Bonchev–Trinajstić information content (AvgIpc) is 2.41. The van der Waals surface area contributed by atoms with E-state index in [1.165, 1.54) is 12.5 Å². The van der Waals surface area contributed by atoms with Crippen molar-refractivity contribution in [2.24, 2.45) is 16.6 Å². The summed E-state index contributed by atoms with van der Waals surface area (Å²) in [6.45, 7) is 0. The minimum Gasteiger partial charge on any atom is -0.387 e. The molecule has 0 saturated heterocycles. The minimum atomic E-state index is -4.37. The van der Waals surface area contributed by atoms with Crippen molar-refractivity contribution in [3.05, 3.63) is 28.2 Å². The number of nitrogens with zero attached hydrogens (tertiary/aromatic N) is 1. The third kappa shape index (κ3) is 3.75. The van der Waals surface area contributed by atoms with Gasteiger partial charge in [-0.1, -0.05) is 19.3 Å². The number of hydrogen-bond donors (Lipinski definition) is 1. The highest BCUT2D eigenvalue weighted by Gasteiger charge is 2.31. The van der Waals surface area contributed by atoms with Gasteiger partial charge in [0.25, 0.3) is 0 Å². The molecule has 2 nitrogen and oxygen atoms in total. The molecule has 1 aromatic rings. The van der Waals surface area contributed by atoms with Crippen LogP contribution in [0.3, 0.4) is 0 Å². The van der Waals surface area contributed by atoms with Gasteiger partial charge in [-0.15, -0.1) is 0 Å². The first-order valence-corrected chi connectivity index (χ1v) is 7.38. The van der Waals surface area contributed by atoms with Crippen LogP contribution in [0.2, 0.25) is 0 Å². The summed E-state index contributed by atoms with van der Waals surface area (Å²) >= 11 is 3.22. The Kier molecular flexibility index (Phi) is 4.73. The van der Waals surface area contributed by atoms with Gasteiger partial charge < -0.3 is 5.73 Å². The van der Waals surface area contributed by atoms with Gasteiger partial charge in [0, 0.05) is 10.4 Å². The molecule has 0 aliphatic heterocycles. The van der Waals surface area contributed by atoms with Crippen molar-refractivity contribution in [1.82, 2.24) is 0 Å². The van der Waals surface area contributed by atoms with Gasteiger partial charge in [-0.05, 0) is 47.0 Å². The Morgan fingerprint density at radius 2 is 1.85 bits per heavy atom. The van der Waals surface area contributed by atoms with Crippen molar-refractivity contribution < 1.29 is 13.2 Å². The van der Waals surface area contributed by atoms with Crippen molar-refractivity contribution in [1.29, 1.82) is 0 Å². The zero-order valence-electron chi connectivity index (χ0n) is 10.9. The SMILES string of the molecule is NC(=Nc1cc(C(F)(F)F)ccc1Br)C1CCCCC1. The first-order valence-electron chi connectivity index (χ1n) is 6.59. The second kappa shape index (κ2) is 6.16. The summed E-state index contributed by atoms with van der Waals surface area (Å²) in [5, 5.41) is 0. The summed E-state index contributed by atoms with van der Waals surface area (Å²) in [5.74, 6) is 0.620. The van der Waals surface area contributed by atoms with E-state index in [1.807, 2.05) is 0 Å². The summed E-state index contributed by atoms with van der Waals surface area (Å²) in [4.78, 5) is 4.20. The fraction of sp³-hybridized carbons (Fsp3) is 0.500. The molecule has 6 heteroatoms. The largest absolute Gasteiger partial charge is 0.416 e. The zero-order valence-corrected chi connectivity index (χ0v) is 12.5. The van der Waals surface area contributed by atoms with Gasteiger partial charge in [0.15, 0.2) is 0 Å². The molecule has 1 aliphatic carbocycles. The predicted molar refractivity (Wildman–Crippen MR) is 77.0 cm³/mol. The lowest BCUT2D eigenvalue weighted by molar-refractivity contribution is -0.137. The molecule has 0 unspecified atom stereocenters. The molecule has 0 heterocycles. The third-order valence-electron chi connectivity index (χ3n) is 3.55. The maximum Gasteiger partial charge on any atom is 0.416 e. The van der Waals surface area contributed by atoms with Crippen molar-refractivity contribution in [3.8, 4) is 0 Å². The number of aliphatic imine (C=N–C) groups is 1. The number of halogens is 4. The van der Waals surface area contributed by atoms with Crippen molar-refractivity contribution >= 4 is 27.5 Å². The molecule has 1 saturated carbocycles. The molecule has 1 aromatic carbocycles. The Morgan fingerprint density at radius 3 is 2.45 bits per heavy atom. The molecule has 0 atom stereocenters. The van der Waals surface area contributed by atoms with Crippen molar-refractivity contribution in [2.45, 2.75) is 38.3 Å². The fourth-order valence-electron chi connectivity index (χ4n) is 2.40. The maximum atomic E-state index is 12.7. The van der Waals surface area contributed by atoms with Crippen LogP contribution in [0.1, 0.15) is 37.7 Å². The number of rotatable bonds is 2. The summed E-state index contributed by atoms with van der Waals surface area (Å²) < 4.78 is 38.6. The lowest BCUT2D eigenvalue weighted by Crippen LogP contribution is -2.25. The smallest absolute Gasteiger partial charge is 0.387 e. The van der Waals surface area contributed by atoms with Gasteiger partial charge in [0.2, 0.25) is 0 Å². The fourth-order valence-corrected chi connectivity index (χ4v) is 2.74. The van der Waals surface area contributed by atoms with Gasteiger partial charge in [-0.25, -0.2) is 4.99 Å². The second-order valence-corrected chi connectivity index (χ2v) is 5.89. The standard InChI is InChI=1S/C14H16BrF3N2/c15-11-7-6-10(14(16,17)18)8-12(11)20-13(19)9-4-2-1-3-5-9/h6-9H,1-5H2,(H2,19,20). The van der Waals surface area contributed by atoms with Crippen LogP contribution in [0.25, 0.3) is 0 Å². The average molecular weight is 349 g/mol.